The Morgan fingerprint density at radius 1 is 1.11 bits per heavy atom. The number of hydrogen-bond donors (Lipinski definition) is 1. The van der Waals surface area contributed by atoms with Crippen molar-refractivity contribution in [3.05, 3.63) is 34.9 Å². The molecule has 0 aliphatic carbocycles. The second kappa shape index (κ2) is 10.2. The lowest BCUT2D eigenvalue weighted by Gasteiger charge is -2.37. The smallest absolute Gasteiger partial charge is 0.424 e. The van der Waals surface area contributed by atoms with E-state index in [1.807, 2.05) is 20.8 Å². The van der Waals surface area contributed by atoms with Crippen molar-refractivity contribution in [2.75, 3.05) is 6.54 Å². The van der Waals surface area contributed by atoms with Gasteiger partial charge in [-0.2, -0.15) is 13.5 Å². The number of hydrogen-bond acceptors (Lipinski definition) is 8. The Kier molecular flexibility index (Phi) is 7.97. The summed E-state index contributed by atoms with van der Waals surface area (Å²) in [4.78, 5) is 38.9. The van der Waals surface area contributed by atoms with E-state index in [-0.39, 0.29) is 12.0 Å². The summed E-state index contributed by atoms with van der Waals surface area (Å²) in [6, 6.07) is 3.09. The Morgan fingerprint density at radius 3 is 2.24 bits per heavy atom. The highest BCUT2D eigenvalue weighted by atomic mass is 32.3. The van der Waals surface area contributed by atoms with Crippen molar-refractivity contribution in [3.63, 3.8) is 0 Å². The Balaban J connectivity index is 1.86. The van der Waals surface area contributed by atoms with Crippen LogP contribution >= 0.6 is 0 Å². The normalized spacial score (nSPS) is 21.2. The zero-order valence-corrected chi connectivity index (χ0v) is 23.3. The highest BCUT2D eigenvalue weighted by Crippen LogP contribution is 2.39. The van der Waals surface area contributed by atoms with Gasteiger partial charge >= 0.3 is 22.4 Å². The number of hydroxylamine groups is 2. The molecule has 2 aliphatic heterocycles. The molecule has 1 unspecified atom stereocenters. The van der Waals surface area contributed by atoms with Gasteiger partial charge in [0.25, 0.3) is 0 Å². The first-order valence-electron chi connectivity index (χ1n) is 12.2. The summed E-state index contributed by atoms with van der Waals surface area (Å²) in [5, 5.41) is 0.694. The van der Waals surface area contributed by atoms with E-state index in [0.29, 0.717) is 41.0 Å². The van der Waals surface area contributed by atoms with Crippen molar-refractivity contribution in [2.24, 2.45) is 16.6 Å². The van der Waals surface area contributed by atoms with Gasteiger partial charge in [0.05, 0.1) is 11.6 Å². The number of ether oxygens (including phenoxy) is 1. The highest BCUT2D eigenvalue weighted by Gasteiger charge is 2.50. The molecule has 2 fully saturated rings. The predicted octanol–water partition coefficient (Wildman–Crippen LogP) is 3.20. The fraction of sp³-hybridized carbons (Fsp3) is 0.640. The quantitative estimate of drug-likeness (QED) is 0.372. The number of nitrogens with two attached hydrogens (primary N) is 1. The molecule has 2 N–H and O–H groups in total. The van der Waals surface area contributed by atoms with Crippen molar-refractivity contribution in [1.82, 2.24) is 9.96 Å². The minimum atomic E-state index is -4.88. The van der Waals surface area contributed by atoms with Crippen LogP contribution in [-0.4, -0.2) is 61.2 Å². The van der Waals surface area contributed by atoms with Crippen LogP contribution in [0.1, 0.15) is 75.4 Å². The van der Waals surface area contributed by atoms with Crippen LogP contribution in [0.15, 0.2) is 18.2 Å². The summed E-state index contributed by atoms with van der Waals surface area (Å²) in [6.07, 6.45) is -0.508. The number of nitrogens with zero attached hydrogens (tertiary/aromatic N) is 2. The van der Waals surface area contributed by atoms with E-state index in [1.165, 1.54) is 4.90 Å². The van der Waals surface area contributed by atoms with Gasteiger partial charge < -0.3 is 15.4 Å². The second-order valence-corrected chi connectivity index (χ2v) is 12.9. The maximum Gasteiger partial charge on any atom is 0.424 e. The van der Waals surface area contributed by atoms with Gasteiger partial charge in [0.15, 0.2) is 0 Å². The number of piperidine rings is 1. The molecule has 12 heteroatoms. The molecule has 0 aromatic heterocycles. The van der Waals surface area contributed by atoms with Crippen LogP contribution in [0.4, 0.5) is 4.79 Å². The van der Waals surface area contributed by atoms with Gasteiger partial charge in [0.1, 0.15) is 6.04 Å². The Hall–Kier alpha value is -2.70. The Morgan fingerprint density at radius 2 is 1.70 bits per heavy atom. The molecule has 3 rings (SSSR count). The first-order valence-corrected chi connectivity index (χ1v) is 13.5. The third kappa shape index (κ3) is 6.60. The van der Waals surface area contributed by atoms with Gasteiger partial charge in [0.2, 0.25) is 12.2 Å². The van der Waals surface area contributed by atoms with E-state index >= 15 is 0 Å². The van der Waals surface area contributed by atoms with Gasteiger partial charge in [-0.15, -0.1) is 4.28 Å². The molecule has 2 aliphatic rings. The number of rotatable bonds is 9. The minimum Gasteiger partial charge on any atom is -0.430 e. The maximum atomic E-state index is 13.2. The van der Waals surface area contributed by atoms with Crippen LogP contribution < -0.4 is 5.73 Å². The molecule has 1 aromatic carbocycles. The molecule has 2 heterocycles. The fourth-order valence-corrected chi connectivity index (χ4v) is 6.23. The third-order valence-electron chi connectivity index (χ3n) is 6.55. The van der Waals surface area contributed by atoms with Gasteiger partial charge in [-0.05, 0) is 49.7 Å². The molecule has 37 heavy (non-hydrogen) atoms. The molecule has 0 saturated carbocycles. The SMILES string of the molecule is Cc1cccc(C)c1C(=O)OC(OS(=O)(=O)ON1C(=O)N2C[C@H]1CC[C@H]2C(N)=O)C(C)(C)CC(C)(C)C. The molecule has 206 valence electrons. The lowest BCUT2D eigenvalue weighted by Crippen LogP contribution is -2.47. The molecule has 1 aromatic rings. The number of benzene rings is 1. The van der Waals surface area contributed by atoms with E-state index in [4.69, 9.17) is 18.9 Å². The number of primary amides is 1. The van der Waals surface area contributed by atoms with Crippen molar-refractivity contribution in [2.45, 2.75) is 86.1 Å². The average Bonchev–Trinajstić information content (AvgIpc) is 2.95. The topological polar surface area (TPSA) is 146 Å². The zero-order valence-electron chi connectivity index (χ0n) is 22.4. The van der Waals surface area contributed by atoms with Crippen LogP contribution in [0.5, 0.6) is 0 Å². The van der Waals surface area contributed by atoms with Crippen LogP contribution in [0.2, 0.25) is 0 Å². The highest BCUT2D eigenvalue weighted by molar-refractivity contribution is 7.81. The van der Waals surface area contributed by atoms with E-state index < -0.39 is 52.1 Å². The Bertz CT molecular complexity index is 1150. The number of fused-ring (bicyclic) bond motifs is 2. The largest absolute Gasteiger partial charge is 0.430 e. The molecule has 2 saturated heterocycles. The van der Waals surface area contributed by atoms with E-state index in [1.54, 1.807) is 45.9 Å². The number of amides is 3. The van der Waals surface area contributed by atoms with E-state index in [2.05, 4.69) is 0 Å². The number of carbonyl (C=O) groups is 3. The van der Waals surface area contributed by atoms with Crippen molar-refractivity contribution in [3.8, 4) is 0 Å². The summed E-state index contributed by atoms with van der Waals surface area (Å²) < 4.78 is 42.3. The molecule has 3 atom stereocenters. The average molecular weight is 540 g/mol. The van der Waals surface area contributed by atoms with E-state index in [9.17, 15) is 22.8 Å². The lowest BCUT2D eigenvalue weighted by molar-refractivity contribution is -0.136. The molecular weight excluding hydrogens is 502 g/mol. The van der Waals surface area contributed by atoms with Crippen molar-refractivity contribution >= 4 is 28.3 Å². The third-order valence-corrected chi connectivity index (χ3v) is 7.31. The van der Waals surface area contributed by atoms with Crippen LogP contribution in [-0.2, 0) is 28.4 Å². The number of urea groups is 1. The van der Waals surface area contributed by atoms with Gasteiger partial charge in [0, 0.05) is 12.0 Å². The van der Waals surface area contributed by atoms with E-state index in [0.717, 1.165) is 0 Å². The van der Waals surface area contributed by atoms with Crippen molar-refractivity contribution in [1.29, 1.82) is 0 Å². The Labute approximate surface area is 218 Å². The first-order chi connectivity index (χ1) is 16.9. The molecule has 2 bridgehead atoms. The molecular formula is C25H37N3O8S. The number of carbonyl (C=O) groups excluding carboxylic acids is 3. The monoisotopic (exact) mass is 539 g/mol. The summed E-state index contributed by atoms with van der Waals surface area (Å²) in [7, 11) is -4.88. The van der Waals surface area contributed by atoms with Crippen LogP contribution in [0.3, 0.4) is 0 Å². The van der Waals surface area contributed by atoms with Gasteiger partial charge in [-0.25, -0.2) is 13.8 Å². The van der Waals surface area contributed by atoms with Gasteiger partial charge in [-0.3, -0.25) is 4.79 Å². The van der Waals surface area contributed by atoms with Crippen LogP contribution in [0, 0.1) is 24.7 Å². The lowest BCUT2D eigenvalue weighted by atomic mass is 9.76. The standard InChI is InChI=1S/C25H37N3O8S/c1-15-9-8-10-16(2)19(15)21(30)34-22(25(6,7)14-24(3,4)5)35-37(32,33)36-28-17-11-12-18(20(26)29)27(13-17)23(28)31/h8-10,17-18,22H,11-14H2,1-7H3,(H2,26,29)/t17-,18+,22?/m1/s1. The summed E-state index contributed by atoms with van der Waals surface area (Å²) in [5.74, 6) is -1.41. The molecule has 11 nitrogen and oxygen atoms in total. The molecule has 3 amide bonds. The summed E-state index contributed by atoms with van der Waals surface area (Å²) >= 11 is 0. The zero-order chi connectivity index (χ0) is 27.9. The fourth-order valence-electron chi connectivity index (χ4n) is 5.30. The summed E-state index contributed by atoms with van der Waals surface area (Å²) in [5.41, 5.74) is 5.81. The number of aryl methyl sites for hydroxylation is 2. The predicted molar refractivity (Wildman–Crippen MR) is 134 cm³/mol. The number of esters is 1. The van der Waals surface area contributed by atoms with Gasteiger partial charge in [-0.1, -0.05) is 52.8 Å². The molecule has 0 radical (unpaired) electrons. The van der Waals surface area contributed by atoms with Crippen LogP contribution in [0.25, 0.3) is 0 Å². The second-order valence-electron chi connectivity index (χ2n) is 11.7. The minimum absolute atomic E-state index is 0.0997. The maximum absolute atomic E-state index is 13.2. The molecule has 0 spiro atoms. The van der Waals surface area contributed by atoms with Crippen molar-refractivity contribution < 1.29 is 36.0 Å². The first kappa shape index (κ1) is 28.9. The summed E-state index contributed by atoms with van der Waals surface area (Å²) in [6.45, 7) is 13.0.